The molecule has 0 saturated heterocycles. The van der Waals surface area contributed by atoms with E-state index in [0.29, 0.717) is 35.6 Å². The molecule has 12 nitrogen and oxygen atoms in total. The molecule has 0 saturated carbocycles. The molecule has 6 aromatic rings. The van der Waals surface area contributed by atoms with Crippen molar-refractivity contribution in [2.75, 3.05) is 33.9 Å². The van der Waals surface area contributed by atoms with Crippen LogP contribution in [0.1, 0.15) is 116 Å². The third kappa shape index (κ3) is 13.8. The maximum absolute atomic E-state index is 11.2. The molecule has 0 fully saturated rings. The van der Waals surface area contributed by atoms with Crippen molar-refractivity contribution in [3.8, 4) is 17.2 Å². The third-order valence-electron chi connectivity index (χ3n) is 10.7. The molecule has 6 rings (SSSR count). The van der Waals surface area contributed by atoms with Crippen molar-refractivity contribution in [2.45, 2.75) is 104 Å². The lowest BCUT2D eigenvalue weighted by Crippen LogP contribution is -2.25. The number of aromatic nitrogens is 3. The van der Waals surface area contributed by atoms with Gasteiger partial charge < -0.3 is 45.1 Å². The molecule has 3 amide bonds. The van der Waals surface area contributed by atoms with Gasteiger partial charge in [0.25, 0.3) is 0 Å². The van der Waals surface area contributed by atoms with Crippen LogP contribution in [-0.4, -0.2) is 72.6 Å². The normalized spacial score (nSPS) is 12.7. The second-order valence-corrected chi connectivity index (χ2v) is 18.1. The standard InChI is InChI=1S/C17H23ClN2O2.C16H21BrN2O2.C15H19ClN2O2/c1-5-11(8-19-10-21)14-9-20-16-13(14)6-12(7-15(16)18)22-17(2,3)4;1-4-5-11(8-18-10(2)20)14-9-19-16-13(14)6-12(21-3)7-15(16)17;1-4-10(7-17-9(2)19)13-8-18-15-12(13)5-11(20-3)6-14(15)16/h6-7,9-11,20H,5,8H2,1-4H3,(H,19,21);6-7,9,11,19H,4-5,8H2,1-3H3,(H,18,20);5-6,8,10,18H,4,7H2,1-3H3,(H,17,19). The molecule has 342 valence electrons. The summed E-state index contributed by atoms with van der Waals surface area (Å²) in [5.74, 6) is 3.09. The Balaban J connectivity index is 0.000000208. The van der Waals surface area contributed by atoms with Crippen LogP contribution < -0.4 is 30.2 Å². The highest BCUT2D eigenvalue weighted by Crippen LogP contribution is 2.38. The first-order valence-corrected chi connectivity index (χ1v) is 22.9. The highest BCUT2D eigenvalue weighted by Gasteiger charge is 2.21. The largest absolute Gasteiger partial charge is 0.497 e. The van der Waals surface area contributed by atoms with Gasteiger partial charge in [-0.2, -0.15) is 0 Å². The Kier molecular flexibility index (Phi) is 19.1. The van der Waals surface area contributed by atoms with E-state index in [1.807, 2.05) is 69.7 Å². The smallest absolute Gasteiger partial charge is 0.216 e. The lowest BCUT2D eigenvalue weighted by Gasteiger charge is -2.22. The van der Waals surface area contributed by atoms with E-state index in [0.717, 1.165) is 97.7 Å². The summed E-state index contributed by atoms with van der Waals surface area (Å²) in [6, 6.07) is 11.6. The fraction of sp³-hybridized carbons (Fsp3) is 0.438. The van der Waals surface area contributed by atoms with Crippen molar-refractivity contribution in [2.24, 2.45) is 0 Å². The molecule has 3 atom stereocenters. The second kappa shape index (κ2) is 23.7. The van der Waals surface area contributed by atoms with E-state index >= 15 is 0 Å². The van der Waals surface area contributed by atoms with E-state index in [-0.39, 0.29) is 29.3 Å². The van der Waals surface area contributed by atoms with Gasteiger partial charge in [-0.1, -0.05) is 50.4 Å². The van der Waals surface area contributed by atoms with Gasteiger partial charge in [0.2, 0.25) is 18.2 Å². The number of amides is 3. The van der Waals surface area contributed by atoms with Gasteiger partial charge in [0.1, 0.15) is 22.8 Å². The summed E-state index contributed by atoms with van der Waals surface area (Å²) in [5.41, 5.74) is 6.11. The Morgan fingerprint density at radius 1 is 0.683 bits per heavy atom. The number of hydrogen-bond donors (Lipinski definition) is 6. The van der Waals surface area contributed by atoms with E-state index in [9.17, 15) is 14.4 Å². The van der Waals surface area contributed by atoms with E-state index in [1.165, 1.54) is 12.5 Å². The zero-order valence-corrected chi connectivity index (χ0v) is 41.1. The number of nitrogens with one attached hydrogen (secondary N) is 6. The number of ether oxygens (including phenoxy) is 3. The quantitative estimate of drug-likeness (QED) is 0.0499. The molecule has 3 aromatic carbocycles. The Bertz CT molecular complexity index is 2450. The van der Waals surface area contributed by atoms with Gasteiger partial charge in [-0.25, -0.2) is 0 Å². The van der Waals surface area contributed by atoms with Crippen LogP contribution in [0.4, 0.5) is 0 Å². The van der Waals surface area contributed by atoms with Gasteiger partial charge in [0, 0.05) is 103 Å². The molecular formula is C48H63BrCl2N6O6. The summed E-state index contributed by atoms with van der Waals surface area (Å²) in [5, 5.41) is 13.1. The Hall–Kier alpha value is -4.85. The number of fused-ring (bicyclic) bond motifs is 3. The second-order valence-electron chi connectivity index (χ2n) is 16.4. The van der Waals surface area contributed by atoms with Crippen LogP contribution in [0.15, 0.2) is 59.5 Å². The number of hydrogen-bond acceptors (Lipinski definition) is 6. The van der Waals surface area contributed by atoms with Crippen molar-refractivity contribution in [3.63, 3.8) is 0 Å². The summed E-state index contributed by atoms with van der Waals surface area (Å²) >= 11 is 16.2. The first kappa shape index (κ1) is 50.8. The Labute approximate surface area is 389 Å². The van der Waals surface area contributed by atoms with Gasteiger partial charge in [-0.15, -0.1) is 0 Å². The summed E-state index contributed by atoms with van der Waals surface area (Å²) in [7, 11) is 3.29. The SMILES string of the molecule is CCC(CNC(C)=O)c1c[nH]c2c(Cl)cc(OC)cc12.CCC(CNC=O)c1c[nH]c2c(Cl)cc(OC(C)(C)C)cc12.CCCC(CNC(C)=O)c1c[nH]c2c(Br)cc(OC)cc12. The lowest BCUT2D eigenvalue weighted by molar-refractivity contribution is -0.119. The van der Waals surface area contributed by atoms with Crippen LogP contribution in [0.5, 0.6) is 17.2 Å². The number of carbonyl (C=O) groups excluding carboxylic acids is 3. The van der Waals surface area contributed by atoms with Crippen molar-refractivity contribution < 1.29 is 28.6 Å². The van der Waals surface area contributed by atoms with Gasteiger partial charge in [-0.05, 0) is 96.9 Å². The average Bonchev–Trinajstić information content (AvgIpc) is 3.98. The topological polar surface area (TPSA) is 162 Å². The molecule has 3 heterocycles. The van der Waals surface area contributed by atoms with Crippen LogP contribution in [0, 0.1) is 0 Å². The maximum atomic E-state index is 11.2. The van der Waals surface area contributed by atoms with E-state index in [2.05, 4.69) is 67.6 Å². The highest BCUT2D eigenvalue weighted by atomic mass is 79.9. The van der Waals surface area contributed by atoms with E-state index in [4.69, 9.17) is 37.4 Å². The molecule has 3 unspecified atom stereocenters. The van der Waals surface area contributed by atoms with Crippen LogP contribution in [0.25, 0.3) is 32.7 Å². The van der Waals surface area contributed by atoms with Crippen LogP contribution in [-0.2, 0) is 14.4 Å². The number of rotatable bonds is 17. The average molecular weight is 971 g/mol. The van der Waals surface area contributed by atoms with Gasteiger partial charge in [0.15, 0.2) is 0 Å². The Morgan fingerprint density at radius 2 is 1.11 bits per heavy atom. The zero-order chi connectivity index (χ0) is 46.4. The van der Waals surface area contributed by atoms with E-state index < -0.39 is 0 Å². The molecule has 15 heteroatoms. The lowest BCUT2D eigenvalue weighted by atomic mass is 9.94. The molecular weight excluding hydrogens is 907 g/mol. The van der Waals surface area contributed by atoms with Gasteiger partial charge in [0.05, 0.1) is 40.8 Å². The number of benzene rings is 3. The van der Waals surface area contributed by atoms with E-state index in [1.54, 1.807) is 27.2 Å². The fourth-order valence-electron chi connectivity index (χ4n) is 7.60. The monoisotopic (exact) mass is 968 g/mol. The first-order valence-electron chi connectivity index (χ1n) is 21.3. The summed E-state index contributed by atoms with van der Waals surface area (Å²) in [4.78, 5) is 42.6. The van der Waals surface area contributed by atoms with Crippen LogP contribution >= 0.6 is 39.1 Å². The van der Waals surface area contributed by atoms with Crippen molar-refractivity contribution >= 4 is 90.1 Å². The molecule has 0 aliphatic carbocycles. The minimum Gasteiger partial charge on any atom is -0.497 e. The third-order valence-corrected chi connectivity index (χ3v) is 11.9. The maximum Gasteiger partial charge on any atom is 0.216 e. The molecule has 0 radical (unpaired) electrons. The molecule has 6 N–H and O–H groups in total. The molecule has 63 heavy (non-hydrogen) atoms. The van der Waals surface area contributed by atoms with Crippen LogP contribution in [0.3, 0.4) is 0 Å². The molecule has 3 aromatic heterocycles. The Morgan fingerprint density at radius 3 is 1.57 bits per heavy atom. The zero-order valence-electron chi connectivity index (χ0n) is 38.0. The highest BCUT2D eigenvalue weighted by molar-refractivity contribution is 9.10. The first-order chi connectivity index (χ1) is 30.0. The fourth-order valence-corrected chi connectivity index (χ4v) is 8.68. The molecule has 0 bridgehead atoms. The molecule has 0 aliphatic heterocycles. The summed E-state index contributed by atoms with van der Waals surface area (Å²) in [6.07, 6.45) is 10.7. The predicted molar refractivity (Wildman–Crippen MR) is 261 cm³/mol. The minimum atomic E-state index is -0.281. The molecule has 0 aliphatic rings. The number of aromatic amines is 3. The number of halogens is 3. The van der Waals surface area contributed by atoms with Crippen LogP contribution in [0.2, 0.25) is 10.0 Å². The number of methoxy groups -OCH3 is 2. The van der Waals surface area contributed by atoms with Crippen molar-refractivity contribution in [1.82, 2.24) is 30.9 Å². The van der Waals surface area contributed by atoms with Crippen molar-refractivity contribution in [1.29, 1.82) is 0 Å². The number of carbonyl (C=O) groups is 3. The summed E-state index contributed by atoms with van der Waals surface area (Å²) < 4.78 is 17.5. The number of H-pyrrole nitrogens is 3. The summed E-state index contributed by atoms with van der Waals surface area (Å²) in [6.45, 7) is 17.4. The predicted octanol–water partition coefficient (Wildman–Crippen LogP) is 11.7. The minimum absolute atomic E-state index is 0.00899. The van der Waals surface area contributed by atoms with Gasteiger partial charge in [-0.3, -0.25) is 14.4 Å². The van der Waals surface area contributed by atoms with Gasteiger partial charge >= 0.3 is 0 Å². The molecule has 0 spiro atoms. The van der Waals surface area contributed by atoms with Crippen molar-refractivity contribution in [3.05, 3.63) is 86.2 Å².